The van der Waals surface area contributed by atoms with E-state index < -0.39 is 0 Å². The summed E-state index contributed by atoms with van der Waals surface area (Å²) >= 11 is 6.23. The normalized spacial score (nSPS) is 21.9. The van der Waals surface area contributed by atoms with E-state index in [1.165, 1.54) is 11.1 Å². The highest BCUT2D eigenvalue weighted by Crippen LogP contribution is 2.49. The molecule has 1 nitrogen and oxygen atoms in total. The number of nitrogens with zero attached hydrogens (tertiary/aromatic N) is 1. The monoisotopic (exact) mass is 271 g/mol. The molecule has 0 spiro atoms. The van der Waals surface area contributed by atoms with Crippen LogP contribution in [0.5, 0.6) is 0 Å². The number of likely N-dealkylation sites (tertiary alicyclic amines) is 1. The third-order valence-corrected chi connectivity index (χ3v) is 4.67. The number of benzene rings is 2. The summed E-state index contributed by atoms with van der Waals surface area (Å²) < 4.78 is 0. The first-order valence-electron chi connectivity index (χ1n) is 6.68. The molecule has 2 heteroatoms. The number of rotatable bonds is 3. The van der Waals surface area contributed by atoms with E-state index in [1.807, 2.05) is 0 Å². The summed E-state index contributed by atoms with van der Waals surface area (Å²) in [7, 11) is 2.18. The Hall–Kier alpha value is -1.31. The van der Waals surface area contributed by atoms with Crippen molar-refractivity contribution in [3.63, 3.8) is 0 Å². The molecular formula is C17H18ClN. The third-order valence-electron chi connectivity index (χ3n) is 4.30. The Kier molecular flexibility index (Phi) is 3.34. The smallest absolute Gasteiger partial charge is 0.0765 e. The highest BCUT2D eigenvalue weighted by atomic mass is 35.5. The molecule has 0 N–H and O–H groups in total. The van der Waals surface area contributed by atoms with Gasteiger partial charge >= 0.3 is 0 Å². The second kappa shape index (κ2) is 4.99. The van der Waals surface area contributed by atoms with Gasteiger partial charge < -0.3 is 0 Å². The van der Waals surface area contributed by atoms with E-state index in [0.717, 1.165) is 6.54 Å². The minimum absolute atomic E-state index is 0.0652. The Bertz CT molecular complexity index is 498. The van der Waals surface area contributed by atoms with Crippen molar-refractivity contribution in [2.24, 2.45) is 5.92 Å². The van der Waals surface area contributed by atoms with Gasteiger partial charge in [0, 0.05) is 18.3 Å². The molecule has 0 saturated carbocycles. The van der Waals surface area contributed by atoms with E-state index in [2.05, 4.69) is 72.6 Å². The molecule has 1 fully saturated rings. The molecule has 1 aliphatic heterocycles. The van der Waals surface area contributed by atoms with Crippen molar-refractivity contribution in [3.8, 4) is 0 Å². The lowest BCUT2D eigenvalue weighted by atomic mass is 9.66. The summed E-state index contributed by atoms with van der Waals surface area (Å²) in [5.41, 5.74) is 2.60. The van der Waals surface area contributed by atoms with Crippen molar-refractivity contribution in [3.05, 3.63) is 71.8 Å². The van der Waals surface area contributed by atoms with Crippen molar-refractivity contribution < 1.29 is 0 Å². The summed E-state index contributed by atoms with van der Waals surface area (Å²) in [5.74, 6) is 1.15. The first kappa shape index (κ1) is 12.7. The van der Waals surface area contributed by atoms with Gasteiger partial charge in [-0.2, -0.15) is 0 Å². The van der Waals surface area contributed by atoms with Crippen LogP contribution in [0.4, 0.5) is 0 Å². The Morgan fingerprint density at radius 3 is 1.84 bits per heavy atom. The van der Waals surface area contributed by atoms with Gasteiger partial charge in [-0.05, 0) is 18.2 Å². The fourth-order valence-corrected chi connectivity index (χ4v) is 3.75. The van der Waals surface area contributed by atoms with Crippen LogP contribution in [0, 0.1) is 5.92 Å². The van der Waals surface area contributed by atoms with Gasteiger partial charge in [0.15, 0.2) is 0 Å². The van der Waals surface area contributed by atoms with Crippen LogP contribution in [-0.4, -0.2) is 24.4 Å². The average molecular weight is 272 g/mol. The number of hydrogen-bond donors (Lipinski definition) is 0. The highest BCUT2D eigenvalue weighted by Gasteiger charge is 2.53. The Labute approximate surface area is 119 Å². The van der Waals surface area contributed by atoms with Crippen LogP contribution in [0.2, 0.25) is 0 Å². The maximum Gasteiger partial charge on any atom is 0.0765 e. The summed E-state index contributed by atoms with van der Waals surface area (Å²) in [5, 5.41) is 0. The molecule has 0 radical (unpaired) electrons. The second-order valence-corrected chi connectivity index (χ2v) is 5.54. The van der Waals surface area contributed by atoms with E-state index in [4.69, 9.17) is 11.6 Å². The first-order valence-corrected chi connectivity index (χ1v) is 7.22. The van der Waals surface area contributed by atoms with Crippen LogP contribution >= 0.6 is 11.6 Å². The van der Waals surface area contributed by atoms with E-state index >= 15 is 0 Å². The maximum atomic E-state index is 6.23. The largest absolute Gasteiger partial charge is 0.292 e. The van der Waals surface area contributed by atoms with Gasteiger partial charge in [-0.15, -0.1) is 11.6 Å². The zero-order chi connectivity index (χ0) is 13.3. The van der Waals surface area contributed by atoms with Crippen LogP contribution in [0.25, 0.3) is 0 Å². The van der Waals surface area contributed by atoms with Crippen LogP contribution < -0.4 is 0 Å². The van der Waals surface area contributed by atoms with Crippen molar-refractivity contribution in [2.45, 2.75) is 5.54 Å². The summed E-state index contributed by atoms with van der Waals surface area (Å²) in [6.45, 7) is 1.05. The van der Waals surface area contributed by atoms with Gasteiger partial charge in [-0.3, -0.25) is 4.90 Å². The fraction of sp³-hybridized carbons (Fsp3) is 0.294. The molecule has 2 aromatic carbocycles. The Morgan fingerprint density at radius 2 is 1.47 bits per heavy atom. The molecule has 98 valence electrons. The molecule has 1 heterocycles. The van der Waals surface area contributed by atoms with Crippen LogP contribution in [-0.2, 0) is 5.54 Å². The zero-order valence-electron chi connectivity index (χ0n) is 11.1. The molecule has 1 atom stereocenters. The highest BCUT2D eigenvalue weighted by molar-refractivity contribution is 6.18. The summed E-state index contributed by atoms with van der Waals surface area (Å²) in [6.07, 6.45) is 0. The predicted octanol–water partition coefficient (Wildman–Crippen LogP) is 3.73. The van der Waals surface area contributed by atoms with Gasteiger partial charge in [0.1, 0.15) is 0 Å². The lowest BCUT2D eigenvalue weighted by molar-refractivity contribution is -0.0224. The number of halogens is 1. The number of hydrogen-bond acceptors (Lipinski definition) is 1. The van der Waals surface area contributed by atoms with E-state index in [-0.39, 0.29) is 5.54 Å². The molecule has 0 aliphatic carbocycles. The summed E-state index contributed by atoms with van der Waals surface area (Å²) in [6, 6.07) is 21.4. The van der Waals surface area contributed by atoms with Crippen molar-refractivity contribution >= 4 is 11.6 Å². The second-order valence-electron chi connectivity index (χ2n) is 5.23. The molecule has 0 bridgehead atoms. The average Bonchev–Trinajstić information content (AvgIpc) is 2.47. The Morgan fingerprint density at radius 1 is 1.00 bits per heavy atom. The number of alkyl halides is 1. The lowest BCUT2D eigenvalue weighted by Gasteiger charge is -2.57. The standard InChI is InChI=1S/C17H18ClN/c1-19-13-16(12-18)17(19,14-8-4-2-5-9-14)15-10-6-3-7-11-15/h2-11,16H,12-13H2,1H3. The predicted molar refractivity (Wildman–Crippen MR) is 80.5 cm³/mol. The minimum Gasteiger partial charge on any atom is -0.292 e. The third kappa shape index (κ3) is 1.80. The Balaban J connectivity index is 2.17. The van der Waals surface area contributed by atoms with Crippen molar-refractivity contribution in [2.75, 3.05) is 19.5 Å². The lowest BCUT2D eigenvalue weighted by Crippen LogP contribution is -2.64. The molecule has 1 saturated heterocycles. The topological polar surface area (TPSA) is 3.24 Å². The van der Waals surface area contributed by atoms with Crippen molar-refractivity contribution in [1.29, 1.82) is 0 Å². The molecule has 19 heavy (non-hydrogen) atoms. The van der Waals surface area contributed by atoms with E-state index in [9.17, 15) is 0 Å². The van der Waals surface area contributed by atoms with Gasteiger partial charge in [-0.25, -0.2) is 0 Å². The molecule has 0 amide bonds. The maximum absolute atomic E-state index is 6.23. The van der Waals surface area contributed by atoms with E-state index in [1.54, 1.807) is 0 Å². The van der Waals surface area contributed by atoms with Gasteiger partial charge in [0.2, 0.25) is 0 Å². The molecular weight excluding hydrogens is 254 g/mol. The summed E-state index contributed by atoms with van der Waals surface area (Å²) in [4.78, 5) is 2.41. The SMILES string of the molecule is CN1CC(CCl)C1(c1ccccc1)c1ccccc1. The van der Waals surface area contributed by atoms with Crippen LogP contribution in [0.15, 0.2) is 60.7 Å². The van der Waals surface area contributed by atoms with Gasteiger partial charge in [0.05, 0.1) is 5.54 Å². The van der Waals surface area contributed by atoms with Gasteiger partial charge in [-0.1, -0.05) is 60.7 Å². The molecule has 3 rings (SSSR count). The molecule has 0 aromatic heterocycles. The molecule has 1 aliphatic rings. The van der Waals surface area contributed by atoms with Crippen molar-refractivity contribution in [1.82, 2.24) is 4.90 Å². The van der Waals surface area contributed by atoms with E-state index in [0.29, 0.717) is 11.8 Å². The molecule has 2 aromatic rings. The fourth-order valence-electron chi connectivity index (χ4n) is 3.43. The van der Waals surface area contributed by atoms with Crippen LogP contribution in [0.1, 0.15) is 11.1 Å². The van der Waals surface area contributed by atoms with Crippen LogP contribution in [0.3, 0.4) is 0 Å². The quantitative estimate of drug-likeness (QED) is 0.769. The van der Waals surface area contributed by atoms with Gasteiger partial charge in [0.25, 0.3) is 0 Å². The first-order chi connectivity index (χ1) is 9.30. The molecule has 1 unspecified atom stereocenters. The zero-order valence-corrected chi connectivity index (χ0v) is 11.8. The minimum atomic E-state index is -0.0652.